The second kappa shape index (κ2) is 6.75. The normalized spacial score (nSPS) is 16.0. The van der Waals surface area contributed by atoms with E-state index in [1.165, 1.54) is 12.1 Å². The zero-order chi connectivity index (χ0) is 14.8. The molecule has 1 aliphatic rings. The Morgan fingerprint density at radius 3 is 2.24 bits per heavy atom. The molecule has 1 saturated carbocycles. The van der Waals surface area contributed by atoms with Gasteiger partial charge in [-0.15, -0.1) is 12.4 Å². The molecule has 2 rings (SSSR count). The van der Waals surface area contributed by atoms with Crippen LogP contribution in [0.3, 0.4) is 0 Å². The molecule has 1 aromatic rings. The van der Waals surface area contributed by atoms with Gasteiger partial charge in [0.25, 0.3) is 0 Å². The lowest BCUT2D eigenvalue weighted by Crippen LogP contribution is -2.51. The standard InChI is InChI=1S/C16H23FN2O.ClH/c1-3-15(18,4-2)11-19-14(20)16(9-10-16)12-5-7-13(17)8-6-12;/h5-8H,3-4,9-11,18H2,1-2H3,(H,19,20);1H. The summed E-state index contributed by atoms with van der Waals surface area (Å²) in [6.45, 7) is 4.55. The van der Waals surface area contributed by atoms with E-state index in [1.807, 2.05) is 13.8 Å². The van der Waals surface area contributed by atoms with Gasteiger partial charge in [-0.2, -0.15) is 0 Å². The van der Waals surface area contributed by atoms with Crippen molar-refractivity contribution in [3.8, 4) is 0 Å². The van der Waals surface area contributed by atoms with Crippen LogP contribution < -0.4 is 11.1 Å². The van der Waals surface area contributed by atoms with E-state index in [-0.39, 0.29) is 29.7 Å². The van der Waals surface area contributed by atoms with E-state index in [9.17, 15) is 9.18 Å². The molecule has 1 aliphatic carbocycles. The van der Waals surface area contributed by atoms with Crippen molar-refractivity contribution in [1.29, 1.82) is 0 Å². The Bertz CT molecular complexity index is 482. The molecule has 21 heavy (non-hydrogen) atoms. The van der Waals surface area contributed by atoms with Crippen molar-refractivity contribution in [2.75, 3.05) is 6.54 Å². The largest absolute Gasteiger partial charge is 0.353 e. The van der Waals surface area contributed by atoms with Gasteiger partial charge in [0.1, 0.15) is 5.82 Å². The third-order valence-corrected chi connectivity index (χ3v) is 4.59. The highest BCUT2D eigenvalue weighted by molar-refractivity contribution is 5.91. The molecule has 0 spiro atoms. The number of carbonyl (C=O) groups excluding carboxylic acids is 1. The molecule has 0 bridgehead atoms. The Hall–Kier alpha value is -1.13. The second-order valence-corrected chi connectivity index (χ2v) is 5.84. The summed E-state index contributed by atoms with van der Waals surface area (Å²) in [5, 5.41) is 2.98. The molecule has 3 N–H and O–H groups in total. The van der Waals surface area contributed by atoms with Crippen LogP contribution in [0.15, 0.2) is 24.3 Å². The first-order valence-electron chi connectivity index (χ1n) is 7.29. The van der Waals surface area contributed by atoms with E-state index in [0.717, 1.165) is 31.2 Å². The van der Waals surface area contributed by atoms with Crippen molar-refractivity contribution in [3.05, 3.63) is 35.6 Å². The molecule has 0 aromatic heterocycles. The van der Waals surface area contributed by atoms with Crippen molar-refractivity contribution in [1.82, 2.24) is 5.32 Å². The predicted molar refractivity (Wildman–Crippen MR) is 85.1 cm³/mol. The zero-order valence-electron chi connectivity index (χ0n) is 12.6. The molecule has 118 valence electrons. The smallest absolute Gasteiger partial charge is 0.230 e. The first-order chi connectivity index (χ1) is 9.46. The van der Waals surface area contributed by atoms with Crippen molar-refractivity contribution in [3.63, 3.8) is 0 Å². The average molecular weight is 315 g/mol. The summed E-state index contributed by atoms with van der Waals surface area (Å²) < 4.78 is 13.0. The van der Waals surface area contributed by atoms with Gasteiger partial charge in [0, 0.05) is 12.1 Å². The monoisotopic (exact) mass is 314 g/mol. The summed E-state index contributed by atoms with van der Waals surface area (Å²) >= 11 is 0. The van der Waals surface area contributed by atoms with Gasteiger partial charge in [0.2, 0.25) is 5.91 Å². The minimum absolute atomic E-state index is 0. The van der Waals surface area contributed by atoms with Gasteiger partial charge in [-0.25, -0.2) is 4.39 Å². The van der Waals surface area contributed by atoms with Crippen LogP contribution in [0.1, 0.15) is 45.1 Å². The number of benzene rings is 1. The van der Waals surface area contributed by atoms with Gasteiger partial charge < -0.3 is 11.1 Å². The molecular weight excluding hydrogens is 291 g/mol. The van der Waals surface area contributed by atoms with E-state index in [0.29, 0.717) is 6.54 Å². The number of nitrogens with two attached hydrogens (primary N) is 1. The summed E-state index contributed by atoms with van der Waals surface area (Å²) in [5.74, 6) is -0.260. The lowest BCUT2D eigenvalue weighted by molar-refractivity contribution is -0.123. The third kappa shape index (κ3) is 3.74. The lowest BCUT2D eigenvalue weighted by Gasteiger charge is -2.28. The molecule has 0 heterocycles. The Morgan fingerprint density at radius 2 is 1.81 bits per heavy atom. The van der Waals surface area contributed by atoms with Crippen molar-refractivity contribution in [2.24, 2.45) is 5.73 Å². The van der Waals surface area contributed by atoms with Crippen LogP contribution in [0.5, 0.6) is 0 Å². The van der Waals surface area contributed by atoms with Crippen molar-refractivity contribution in [2.45, 2.75) is 50.5 Å². The first kappa shape index (κ1) is 17.9. The fraction of sp³-hybridized carbons (Fsp3) is 0.562. The molecule has 0 aliphatic heterocycles. The fourth-order valence-corrected chi connectivity index (χ4v) is 2.47. The Labute approximate surface area is 131 Å². The number of nitrogens with one attached hydrogen (secondary N) is 1. The van der Waals surface area contributed by atoms with Gasteiger partial charge in [-0.1, -0.05) is 26.0 Å². The fourth-order valence-electron chi connectivity index (χ4n) is 2.47. The van der Waals surface area contributed by atoms with Crippen LogP contribution >= 0.6 is 12.4 Å². The molecule has 5 heteroatoms. The topological polar surface area (TPSA) is 55.1 Å². The molecular formula is C16H24ClFN2O. The summed E-state index contributed by atoms with van der Waals surface area (Å²) in [7, 11) is 0. The van der Waals surface area contributed by atoms with Crippen LogP contribution in [0.25, 0.3) is 0 Å². The van der Waals surface area contributed by atoms with Gasteiger partial charge >= 0.3 is 0 Å². The lowest BCUT2D eigenvalue weighted by atomic mass is 9.92. The Balaban J connectivity index is 0.00000220. The van der Waals surface area contributed by atoms with Crippen LogP contribution in [-0.4, -0.2) is 18.0 Å². The number of hydrogen-bond donors (Lipinski definition) is 2. The SMILES string of the molecule is CCC(N)(CC)CNC(=O)C1(c2ccc(F)cc2)CC1.Cl. The molecule has 1 aromatic carbocycles. The number of amides is 1. The van der Waals surface area contributed by atoms with Crippen LogP contribution in [0.4, 0.5) is 4.39 Å². The van der Waals surface area contributed by atoms with Gasteiger partial charge in [-0.05, 0) is 43.4 Å². The highest BCUT2D eigenvalue weighted by Crippen LogP contribution is 2.48. The molecule has 0 saturated heterocycles. The Kier molecular flexibility index (Phi) is 5.76. The molecule has 1 amide bonds. The second-order valence-electron chi connectivity index (χ2n) is 5.84. The van der Waals surface area contributed by atoms with Gasteiger partial charge in [0.15, 0.2) is 0 Å². The van der Waals surface area contributed by atoms with Crippen LogP contribution in [0, 0.1) is 5.82 Å². The average Bonchev–Trinajstić information content (AvgIpc) is 3.27. The maximum absolute atomic E-state index is 13.0. The van der Waals surface area contributed by atoms with Gasteiger partial charge in [0.05, 0.1) is 5.41 Å². The number of hydrogen-bond acceptors (Lipinski definition) is 2. The van der Waals surface area contributed by atoms with Crippen molar-refractivity contribution < 1.29 is 9.18 Å². The van der Waals surface area contributed by atoms with Gasteiger partial charge in [-0.3, -0.25) is 4.79 Å². The predicted octanol–water partition coefficient (Wildman–Crippen LogP) is 2.91. The summed E-state index contributed by atoms with van der Waals surface area (Å²) in [6.07, 6.45) is 3.29. The molecule has 3 nitrogen and oxygen atoms in total. The Morgan fingerprint density at radius 1 is 1.29 bits per heavy atom. The summed E-state index contributed by atoms with van der Waals surface area (Å²) in [6, 6.07) is 6.23. The first-order valence-corrected chi connectivity index (χ1v) is 7.29. The van der Waals surface area contributed by atoms with Crippen LogP contribution in [0.2, 0.25) is 0 Å². The van der Waals surface area contributed by atoms with E-state index in [4.69, 9.17) is 5.73 Å². The zero-order valence-corrected chi connectivity index (χ0v) is 13.4. The minimum atomic E-state index is -0.462. The van der Waals surface area contributed by atoms with E-state index in [1.54, 1.807) is 12.1 Å². The van der Waals surface area contributed by atoms with Crippen molar-refractivity contribution >= 4 is 18.3 Å². The summed E-state index contributed by atoms with van der Waals surface area (Å²) in [5.41, 5.74) is 6.30. The molecule has 0 unspecified atom stereocenters. The highest BCUT2D eigenvalue weighted by atomic mass is 35.5. The van der Waals surface area contributed by atoms with E-state index < -0.39 is 5.41 Å². The van der Waals surface area contributed by atoms with Crippen LogP contribution in [-0.2, 0) is 10.2 Å². The molecule has 0 radical (unpaired) electrons. The minimum Gasteiger partial charge on any atom is -0.353 e. The summed E-state index contributed by atoms with van der Waals surface area (Å²) in [4.78, 5) is 12.4. The maximum Gasteiger partial charge on any atom is 0.230 e. The highest BCUT2D eigenvalue weighted by Gasteiger charge is 2.51. The van der Waals surface area contributed by atoms with E-state index in [2.05, 4.69) is 5.32 Å². The van der Waals surface area contributed by atoms with E-state index >= 15 is 0 Å². The molecule has 0 atom stereocenters. The third-order valence-electron chi connectivity index (χ3n) is 4.59. The number of halogens is 2. The number of rotatable bonds is 6. The maximum atomic E-state index is 13.0. The quantitative estimate of drug-likeness (QED) is 0.848. The number of carbonyl (C=O) groups is 1. The molecule has 1 fully saturated rings.